The monoisotopic (exact) mass is 331 g/mol. The predicted molar refractivity (Wildman–Crippen MR) is 95.3 cm³/mol. The van der Waals surface area contributed by atoms with Crippen LogP contribution in [0.15, 0.2) is 79.0 Å². The van der Waals surface area contributed by atoms with Gasteiger partial charge < -0.3 is 10.3 Å². The van der Waals surface area contributed by atoms with E-state index >= 15 is 0 Å². The van der Waals surface area contributed by atoms with E-state index in [9.17, 15) is 14.8 Å². The number of aromatic nitrogens is 1. The van der Waals surface area contributed by atoms with Crippen molar-refractivity contribution in [2.75, 3.05) is 5.06 Å². The van der Waals surface area contributed by atoms with Gasteiger partial charge in [0, 0.05) is 28.7 Å². The summed E-state index contributed by atoms with van der Waals surface area (Å²) in [5.41, 5.74) is 1.11. The highest BCUT2D eigenvalue weighted by molar-refractivity contribution is 6.11. The Hall–Kier alpha value is -3.31. The van der Waals surface area contributed by atoms with Gasteiger partial charge >= 0.3 is 0 Å². The Morgan fingerprint density at radius 3 is 2.28 bits per heavy atom. The number of hydroxylamine groups is 1. The topological polar surface area (TPSA) is 73.3 Å². The third-order valence-electron chi connectivity index (χ3n) is 3.70. The summed E-state index contributed by atoms with van der Waals surface area (Å²) < 4.78 is 0. The van der Waals surface area contributed by atoms with Gasteiger partial charge in [-0.25, -0.2) is 0 Å². The largest absolute Gasteiger partial charge is 0.751 e. The van der Waals surface area contributed by atoms with E-state index in [1.165, 1.54) is 6.07 Å². The SMILES string of the molecule is O=C(Cc1ccccn1)c1ccccc1N([O-])C(=O)c1ccccc1. The van der Waals surface area contributed by atoms with Crippen LogP contribution in [0.5, 0.6) is 0 Å². The average Bonchev–Trinajstić information content (AvgIpc) is 2.68. The molecule has 0 radical (unpaired) electrons. The van der Waals surface area contributed by atoms with E-state index < -0.39 is 5.91 Å². The fourth-order valence-corrected chi connectivity index (χ4v) is 2.46. The van der Waals surface area contributed by atoms with Crippen molar-refractivity contribution in [3.05, 3.63) is 101 Å². The van der Waals surface area contributed by atoms with Crippen LogP contribution in [0.1, 0.15) is 26.4 Å². The molecule has 0 spiro atoms. The lowest BCUT2D eigenvalue weighted by Gasteiger charge is -2.30. The van der Waals surface area contributed by atoms with Crippen LogP contribution >= 0.6 is 0 Å². The highest BCUT2D eigenvalue weighted by Crippen LogP contribution is 2.23. The summed E-state index contributed by atoms with van der Waals surface area (Å²) in [6.07, 6.45) is 1.67. The second-order valence-corrected chi connectivity index (χ2v) is 5.40. The fourth-order valence-electron chi connectivity index (χ4n) is 2.46. The molecule has 0 N–H and O–H groups in total. The van der Waals surface area contributed by atoms with Gasteiger partial charge in [0.2, 0.25) is 5.91 Å². The van der Waals surface area contributed by atoms with Gasteiger partial charge in [0.15, 0.2) is 5.78 Å². The number of anilines is 1. The molecular formula is C20H15N2O3-. The number of pyridine rings is 1. The smallest absolute Gasteiger partial charge is 0.247 e. The molecule has 124 valence electrons. The minimum Gasteiger partial charge on any atom is -0.751 e. The molecule has 3 aromatic rings. The van der Waals surface area contributed by atoms with E-state index in [1.54, 1.807) is 72.9 Å². The summed E-state index contributed by atoms with van der Waals surface area (Å²) in [6.45, 7) is 0. The van der Waals surface area contributed by atoms with Crippen LogP contribution in [0.4, 0.5) is 5.69 Å². The van der Waals surface area contributed by atoms with Crippen molar-refractivity contribution >= 4 is 17.4 Å². The minimum absolute atomic E-state index is 0.0392. The lowest BCUT2D eigenvalue weighted by molar-refractivity contribution is 0.0992. The van der Waals surface area contributed by atoms with Crippen LogP contribution in [0.2, 0.25) is 0 Å². The molecule has 0 aliphatic carbocycles. The molecule has 2 aromatic carbocycles. The zero-order valence-electron chi connectivity index (χ0n) is 13.3. The molecule has 0 atom stereocenters. The first-order chi connectivity index (χ1) is 12.2. The predicted octanol–water partition coefficient (Wildman–Crippen LogP) is 3.65. The molecule has 0 unspecified atom stereocenters. The third-order valence-corrected chi connectivity index (χ3v) is 3.70. The van der Waals surface area contributed by atoms with E-state index in [2.05, 4.69) is 4.98 Å². The molecule has 0 aliphatic heterocycles. The van der Waals surface area contributed by atoms with Gasteiger partial charge in [-0.2, -0.15) is 0 Å². The van der Waals surface area contributed by atoms with Gasteiger partial charge in [0.1, 0.15) is 0 Å². The van der Waals surface area contributed by atoms with Crippen molar-refractivity contribution < 1.29 is 9.59 Å². The number of Topliss-reactive ketones (excluding diaryl/α,β-unsaturated/α-hetero) is 1. The van der Waals surface area contributed by atoms with Crippen LogP contribution in [-0.4, -0.2) is 16.7 Å². The van der Waals surface area contributed by atoms with Crippen LogP contribution in [0.25, 0.3) is 0 Å². The molecule has 0 bridgehead atoms. The van der Waals surface area contributed by atoms with Crippen molar-refractivity contribution in [3.8, 4) is 0 Å². The third kappa shape index (κ3) is 3.79. The Balaban J connectivity index is 1.88. The molecule has 25 heavy (non-hydrogen) atoms. The summed E-state index contributed by atoms with van der Waals surface area (Å²) in [6, 6.07) is 19.8. The summed E-state index contributed by atoms with van der Waals surface area (Å²) in [7, 11) is 0. The van der Waals surface area contributed by atoms with Crippen molar-refractivity contribution in [2.45, 2.75) is 6.42 Å². The summed E-state index contributed by atoms with van der Waals surface area (Å²) in [5.74, 6) is -0.977. The molecule has 5 nitrogen and oxygen atoms in total. The average molecular weight is 331 g/mol. The van der Waals surface area contributed by atoms with Crippen LogP contribution < -0.4 is 5.06 Å². The number of hydrogen-bond acceptors (Lipinski definition) is 4. The van der Waals surface area contributed by atoms with Crippen molar-refractivity contribution in [1.82, 2.24) is 4.98 Å². The molecule has 0 saturated heterocycles. The normalized spacial score (nSPS) is 10.3. The molecule has 0 saturated carbocycles. The second kappa shape index (κ2) is 7.51. The summed E-state index contributed by atoms with van der Waals surface area (Å²) >= 11 is 0. The van der Waals surface area contributed by atoms with E-state index in [-0.39, 0.29) is 34.1 Å². The zero-order chi connectivity index (χ0) is 17.6. The van der Waals surface area contributed by atoms with E-state index in [1.807, 2.05) is 0 Å². The van der Waals surface area contributed by atoms with Crippen molar-refractivity contribution in [1.29, 1.82) is 0 Å². The molecule has 3 rings (SSSR count). The first-order valence-corrected chi connectivity index (χ1v) is 7.75. The number of para-hydroxylation sites is 1. The standard InChI is InChI=1S/C20H15N2O3/c23-19(14-16-10-6-7-13-21-16)17-11-4-5-12-18(17)22(25)20(24)15-8-2-1-3-9-15/h1-13H,14H2/q-1. The molecule has 5 heteroatoms. The van der Waals surface area contributed by atoms with E-state index in [0.717, 1.165) is 0 Å². The number of benzene rings is 2. The lowest BCUT2D eigenvalue weighted by Crippen LogP contribution is -2.26. The lowest BCUT2D eigenvalue weighted by atomic mass is 10.0. The van der Waals surface area contributed by atoms with Crippen LogP contribution in [0, 0.1) is 5.21 Å². The van der Waals surface area contributed by atoms with E-state index in [0.29, 0.717) is 5.69 Å². The fraction of sp³-hybridized carbons (Fsp3) is 0.0500. The Bertz CT molecular complexity index is 880. The Morgan fingerprint density at radius 1 is 0.880 bits per heavy atom. The second-order valence-electron chi connectivity index (χ2n) is 5.40. The van der Waals surface area contributed by atoms with Gasteiger partial charge in [-0.1, -0.05) is 36.4 Å². The highest BCUT2D eigenvalue weighted by atomic mass is 16.5. The maximum Gasteiger partial charge on any atom is 0.247 e. The Kier molecular flexibility index (Phi) is 4.97. The zero-order valence-corrected chi connectivity index (χ0v) is 13.3. The number of carbonyl (C=O) groups is 2. The molecule has 0 fully saturated rings. The summed E-state index contributed by atoms with van der Waals surface area (Å²) in [5, 5.41) is 12.8. The molecular weight excluding hydrogens is 316 g/mol. The number of hydrogen-bond donors (Lipinski definition) is 0. The molecule has 1 heterocycles. The maximum absolute atomic E-state index is 12.6. The first kappa shape index (κ1) is 16.5. The number of nitrogens with zero attached hydrogens (tertiary/aromatic N) is 2. The molecule has 0 aliphatic rings. The number of amides is 1. The molecule has 1 aromatic heterocycles. The quantitative estimate of drug-likeness (QED) is 0.528. The Labute approximate surface area is 145 Å². The van der Waals surface area contributed by atoms with Crippen molar-refractivity contribution in [3.63, 3.8) is 0 Å². The maximum atomic E-state index is 12.6. The van der Waals surface area contributed by atoms with E-state index in [4.69, 9.17) is 0 Å². The van der Waals surface area contributed by atoms with Gasteiger partial charge in [0.05, 0.1) is 6.42 Å². The van der Waals surface area contributed by atoms with Crippen LogP contribution in [-0.2, 0) is 6.42 Å². The van der Waals surface area contributed by atoms with Gasteiger partial charge in [-0.15, -0.1) is 0 Å². The van der Waals surface area contributed by atoms with Gasteiger partial charge in [-0.3, -0.25) is 14.6 Å². The number of ketones is 1. The van der Waals surface area contributed by atoms with Gasteiger partial charge in [-0.05, 0) is 36.4 Å². The minimum atomic E-state index is -0.710. The van der Waals surface area contributed by atoms with Gasteiger partial charge in [0.25, 0.3) is 0 Å². The highest BCUT2D eigenvalue weighted by Gasteiger charge is 2.17. The Morgan fingerprint density at radius 2 is 1.56 bits per heavy atom. The number of rotatable bonds is 5. The van der Waals surface area contributed by atoms with Crippen molar-refractivity contribution in [2.24, 2.45) is 0 Å². The summed E-state index contributed by atoms with van der Waals surface area (Å²) in [4.78, 5) is 29.1. The molecule has 1 amide bonds. The number of carbonyl (C=O) groups excluding carboxylic acids is 2. The van der Waals surface area contributed by atoms with Crippen LogP contribution in [0.3, 0.4) is 0 Å². The first-order valence-electron chi connectivity index (χ1n) is 7.75.